The molecule has 0 bridgehead atoms. The zero-order chi connectivity index (χ0) is 13.7. The van der Waals surface area contributed by atoms with Crippen molar-refractivity contribution in [2.24, 2.45) is 0 Å². The Hall–Kier alpha value is -2.63. The molecule has 0 saturated carbocycles. The van der Waals surface area contributed by atoms with Crippen LogP contribution in [-0.4, -0.2) is 22.5 Å². The first-order valence-electron chi connectivity index (χ1n) is 5.82. The molecule has 0 aliphatic heterocycles. The molecule has 2 heterocycles. The van der Waals surface area contributed by atoms with Crippen LogP contribution in [0.5, 0.6) is 5.88 Å². The summed E-state index contributed by atoms with van der Waals surface area (Å²) < 4.78 is 5.21. The highest BCUT2D eigenvalue weighted by atomic mass is 16.5. The summed E-state index contributed by atoms with van der Waals surface area (Å²) >= 11 is 0. The van der Waals surface area contributed by atoms with Crippen LogP contribution in [0.1, 0.15) is 17.4 Å². The number of ether oxygens (including phenoxy) is 1. The Bertz CT molecular complexity index is 569. The number of amides is 1. The normalized spacial score (nSPS) is 9.95. The van der Waals surface area contributed by atoms with Gasteiger partial charge < -0.3 is 15.8 Å². The summed E-state index contributed by atoms with van der Waals surface area (Å²) in [5, 5.41) is 2.68. The highest BCUT2D eigenvalue weighted by molar-refractivity contribution is 6.02. The van der Waals surface area contributed by atoms with Crippen LogP contribution in [0.15, 0.2) is 36.5 Å². The highest BCUT2D eigenvalue weighted by Crippen LogP contribution is 2.12. The fraction of sp³-hybridized carbons (Fsp3) is 0.154. The zero-order valence-electron chi connectivity index (χ0n) is 10.5. The summed E-state index contributed by atoms with van der Waals surface area (Å²) in [4.78, 5) is 19.9. The first-order chi connectivity index (χ1) is 9.19. The fourth-order valence-electron chi connectivity index (χ4n) is 1.46. The number of nitrogens with one attached hydrogen (secondary N) is 1. The molecular weight excluding hydrogens is 244 g/mol. The molecule has 2 aromatic heterocycles. The van der Waals surface area contributed by atoms with Crippen molar-refractivity contribution < 1.29 is 9.53 Å². The van der Waals surface area contributed by atoms with Crippen LogP contribution in [0, 0.1) is 0 Å². The molecule has 0 fully saturated rings. The van der Waals surface area contributed by atoms with E-state index in [0.29, 0.717) is 24.0 Å². The van der Waals surface area contributed by atoms with E-state index in [1.165, 1.54) is 6.20 Å². The molecule has 0 aromatic carbocycles. The fourth-order valence-corrected chi connectivity index (χ4v) is 1.46. The zero-order valence-corrected chi connectivity index (χ0v) is 10.5. The Balaban J connectivity index is 2.06. The van der Waals surface area contributed by atoms with Gasteiger partial charge >= 0.3 is 0 Å². The van der Waals surface area contributed by atoms with Crippen molar-refractivity contribution >= 4 is 17.4 Å². The summed E-state index contributed by atoms with van der Waals surface area (Å²) in [5.74, 6) is 0.485. The van der Waals surface area contributed by atoms with Gasteiger partial charge in [0.25, 0.3) is 5.91 Å². The second-order valence-electron chi connectivity index (χ2n) is 3.72. The number of nitrogens with two attached hydrogens (primary N) is 1. The van der Waals surface area contributed by atoms with Gasteiger partial charge in [-0.2, -0.15) is 0 Å². The van der Waals surface area contributed by atoms with E-state index in [1.54, 1.807) is 30.3 Å². The molecule has 0 atom stereocenters. The van der Waals surface area contributed by atoms with Crippen LogP contribution in [0.25, 0.3) is 0 Å². The number of nitrogens with zero attached hydrogens (tertiary/aromatic N) is 2. The molecule has 6 heteroatoms. The molecule has 6 nitrogen and oxygen atoms in total. The molecule has 3 N–H and O–H groups in total. The van der Waals surface area contributed by atoms with E-state index in [4.69, 9.17) is 10.5 Å². The molecule has 2 aromatic rings. The molecule has 2 rings (SSSR count). The maximum Gasteiger partial charge on any atom is 0.274 e. The summed E-state index contributed by atoms with van der Waals surface area (Å²) in [5.41, 5.74) is 6.35. The molecule has 0 aliphatic rings. The van der Waals surface area contributed by atoms with Crippen LogP contribution in [0.3, 0.4) is 0 Å². The number of hydrogen-bond acceptors (Lipinski definition) is 5. The molecule has 0 saturated heterocycles. The Morgan fingerprint density at radius 3 is 2.84 bits per heavy atom. The second kappa shape index (κ2) is 5.81. The molecule has 0 aliphatic carbocycles. The van der Waals surface area contributed by atoms with Gasteiger partial charge in [-0.15, -0.1) is 0 Å². The first kappa shape index (κ1) is 12.8. The summed E-state index contributed by atoms with van der Waals surface area (Å²) in [6.07, 6.45) is 1.52. The highest BCUT2D eigenvalue weighted by Gasteiger charge is 2.08. The third-order valence-corrected chi connectivity index (χ3v) is 2.29. The SMILES string of the molecule is CCOc1ccc(NC(=O)c2cccc(N)n2)cn1. The number of rotatable bonds is 4. The van der Waals surface area contributed by atoms with Crippen molar-refractivity contribution in [3.05, 3.63) is 42.2 Å². The van der Waals surface area contributed by atoms with Gasteiger partial charge in [0.05, 0.1) is 18.5 Å². The number of carbonyl (C=O) groups is 1. The Morgan fingerprint density at radius 1 is 1.37 bits per heavy atom. The van der Waals surface area contributed by atoms with E-state index < -0.39 is 0 Å². The van der Waals surface area contributed by atoms with Gasteiger partial charge in [-0.25, -0.2) is 9.97 Å². The predicted octanol–water partition coefficient (Wildman–Crippen LogP) is 1.71. The third kappa shape index (κ3) is 3.41. The number of carbonyl (C=O) groups excluding carboxylic acids is 1. The van der Waals surface area contributed by atoms with Crippen molar-refractivity contribution in [3.63, 3.8) is 0 Å². The van der Waals surface area contributed by atoms with E-state index in [9.17, 15) is 4.79 Å². The van der Waals surface area contributed by atoms with Gasteiger partial charge in [-0.05, 0) is 25.1 Å². The Morgan fingerprint density at radius 2 is 2.21 bits per heavy atom. The molecule has 0 spiro atoms. The van der Waals surface area contributed by atoms with Crippen molar-refractivity contribution in [1.82, 2.24) is 9.97 Å². The van der Waals surface area contributed by atoms with Gasteiger partial charge in [0.2, 0.25) is 5.88 Å². The van der Waals surface area contributed by atoms with Crippen LogP contribution in [-0.2, 0) is 0 Å². The van der Waals surface area contributed by atoms with Gasteiger partial charge in [-0.3, -0.25) is 4.79 Å². The lowest BCUT2D eigenvalue weighted by Crippen LogP contribution is -2.14. The van der Waals surface area contributed by atoms with Crippen LogP contribution in [0.2, 0.25) is 0 Å². The number of anilines is 2. The predicted molar refractivity (Wildman–Crippen MR) is 72.0 cm³/mol. The van der Waals surface area contributed by atoms with E-state index in [0.717, 1.165) is 0 Å². The van der Waals surface area contributed by atoms with E-state index in [-0.39, 0.29) is 11.6 Å². The van der Waals surface area contributed by atoms with Crippen molar-refractivity contribution in [2.75, 3.05) is 17.7 Å². The topological polar surface area (TPSA) is 90.1 Å². The monoisotopic (exact) mass is 258 g/mol. The molecule has 1 amide bonds. The van der Waals surface area contributed by atoms with Crippen molar-refractivity contribution in [1.29, 1.82) is 0 Å². The molecular formula is C13H14N4O2. The lowest BCUT2D eigenvalue weighted by molar-refractivity contribution is 0.102. The number of pyridine rings is 2. The molecule has 98 valence electrons. The summed E-state index contributed by atoms with van der Waals surface area (Å²) in [6, 6.07) is 8.28. The van der Waals surface area contributed by atoms with Crippen LogP contribution < -0.4 is 15.8 Å². The van der Waals surface area contributed by atoms with Crippen LogP contribution >= 0.6 is 0 Å². The van der Waals surface area contributed by atoms with Crippen LogP contribution in [0.4, 0.5) is 11.5 Å². The number of nitrogen functional groups attached to an aromatic ring is 1. The lowest BCUT2D eigenvalue weighted by Gasteiger charge is -2.06. The van der Waals surface area contributed by atoms with E-state index in [1.807, 2.05) is 6.92 Å². The Labute approximate surface area is 110 Å². The summed E-state index contributed by atoms with van der Waals surface area (Å²) in [6.45, 7) is 2.43. The maximum atomic E-state index is 11.9. The van der Waals surface area contributed by atoms with E-state index >= 15 is 0 Å². The summed E-state index contributed by atoms with van der Waals surface area (Å²) in [7, 11) is 0. The second-order valence-corrected chi connectivity index (χ2v) is 3.72. The number of aromatic nitrogens is 2. The number of hydrogen-bond donors (Lipinski definition) is 2. The maximum absolute atomic E-state index is 11.9. The average molecular weight is 258 g/mol. The average Bonchev–Trinajstić information content (AvgIpc) is 2.41. The van der Waals surface area contributed by atoms with E-state index in [2.05, 4.69) is 15.3 Å². The van der Waals surface area contributed by atoms with Crippen molar-refractivity contribution in [3.8, 4) is 5.88 Å². The minimum absolute atomic E-state index is 0.258. The quantitative estimate of drug-likeness (QED) is 0.871. The molecule has 0 unspecified atom stereocenters. The van der Waals surface area contributed by atoms with Gasteiger partial charge in [0.15, 0.2) is 0 Å². The standard InChI is InChI=1S/C13H14N4O2/c1-2-19-12-7-6-9(8-15-12)16-13(18)10-4-3-5-11(14)17-10/h3-8H,2H2,1H3,(H2,14,17)(H,16,18). The smallest absolute Gasteiger partial charge is 0.274 e. The van der Waals surface area contributed by atoms with Crippen molar-refractivity contribution in [2.45, 2.75) is 6.92 Å². The minimum atomic E-state index is -0.335. The van der Waals surface area contributed by atoms with Gasteiger partial charge in [-0.1, -0.05) is 6.07 Å². The third-order valence-electron chi connectivity index (χ3n) is 2.29. The first-order valence-corrected chi connectivity index (χ1v) is 5.82. The molecule has 0 radical (unpaired) electrons. The lowest BCUT2D eigenvalue weighted by atomic mass is 10.3. The largest absolute Gasteiger partial charge is 0.478 e. The van der Waals surface area contributed by atoms with Gasteiger partial charge in [0, 0.05) is 6.07 Å². The minimum Gasteiger partial charge on any atom is -0.478 e. The Kier molecular flexibility index (Phi) is 3.92. The molecule has 19 heavy (non-hydrogen) atoms. The van der Waals surface area contributed by atoms with Gasteiger partial charge in [0.1, 0.15) is 11.5 Å².